The van der Waals surface area contributed by atoms with Gasteiger partial charge < -0.3 is 16.4 Å². The summed E-state index contributed by atoms with van der Waals surface area (Å²) >= 11 is 1.46. The predicted molar refractivity (Wildman–Crippen MR) is 119 cm³/mol. The monoisotopic (exact) mass is 408 g/mol. The summed E-state index contributed by atoms with van der Waals surface area (Å²) in [4.78, 5) is 25.4. The van der Waals surface area contributed by atoms with E-state index >= 15 is 0 Å². The molecular weight excluding hydrogens is 384 g/mol. The molecule has 0 aliphatic carbocycles. The number of carbonyl (C=O) groups is 1. The Balaban J connectivity index is 1.66. The van der Waals surface area contributed by atoms with Gasteiger partial charge in [-0.2, -0.15) is 15.0 Å². The van der Waals surface area contributed by atoms with Crippen LogP contribution in [0.5, 0.6) is 0 Å². The van der Waals surface area contributed by atoms with Gasteiger partial charge in [-0.25, -0.2) is 0 Å². The second kappa shape index (κ2) is 9.38. The molecule has 0 saturated heterocycles. The largest absolute Gasteiger partial charge is 0.368 e. The van der Waals surface area contributed by atoms with Crippen molar-refractivity contribution in [2.24, 2.45) is 0 Å². The van der Waals surface area contributed by atoms with Gasteiger partial charge in [-0.3, -0.25) is 4.79 Å². The maximum atomic E-state index is 12.5. The molecule has 8 heteroatoms. The number of para-hydroxylation sites is 1. The van der Waals surface area contributed by atoms with Crippen LogP contribution in [0.3, 0.4) is 0 Å². The molecule has 0 radical (unpaired) electrons. The molecule has 3 aromatic rings. The van der Waals surface area contributed by atoms with Crippen LogP contribution in [0, 0.1) is 6.92 Å². The Labute approximate surface area is 174 Å². The van der Waals surface area contributed by atoms with Crippen molar-refractivity contribution in [2.75, 3.05) is 16.4 Å². The maximum Gasteiger partial charge on any atom is 0.237 e. The van der Waals surface area contributed by atoms with E-state index in [4.69, 9.17) is 5.73 Å². The minimum atomic E-state index is -0.297. The number of aromatic nitrogens is 3. The summed E-state index contributed by atoms with van der Waals surface area (Å²) in [5.41, 5.74) is 8.60. The average molecular weight is 409 g/mol. The first-order chi connectivity index (χ1) is 13.9. The van der Waals surface area contributed by atoms with Crippen molar-refractivity contribution in [2.45, 2.75) is 31.3 Å². The van der Waals surface area contributed by atoms with E-state index in [1.807, 2.05) is 75.4 Å². The Morgan fingerprint density at radius 2 is 1.72 bits per heavy atom. The predicted octanol–water partition coefficient (Wildman–Crippen LogP) is 4.33. The highest BCUT2D eigenvalue weighted by atomic mass is 32.2. The van der Waals surface area contributed by atoms with E-state index in [0.717, 1.165) is 16.9 Å². The number of rotatable bonds is 7. The van der Waals surface area contributed by atoms with Gasteiger partial charge in [0.25, 0.3) is 0 Å². The molecule has 2 unspecified atom stereocenters. The van der Waals surface area contributed by atoms with Crippen LogP contribution in [0.4, 0.5) is 23.3 Å². The number of nitrogen functional groups attached to an aromatic ring is 1. The highest BCUT2D eigenvalue weighted by molar-refractivity contribution is 8.00. The Hall–Kier alpha value is -3.13. The number of carbonyl (C=O) groups excluding carboxylic acids is 1. The van der Waals surface area contributed by atoms with Crippen molar-refractivity contribution in [3.63, 3.8) is 0 Å². The molecule has 2 atom stereocenters. The van der Waals surface area contributed by atoms with Crippen LogP contribution in [0.25, 0.3) is 0 Å². The summed E-state index contributed by atoms with van der Waals surface area (Å²) in [7, 11) is 0. The number of amides is 1. The molecule has 0 saturated carbocycles. The molecule has 0 bridgehead atoms. The number of nitrogens with two attached hydrogens (primary N) is 1. The van der Waals surface area contributed by atoms with E-state index in [1.54, 1.807) is 0 Å². The maximum absolute atomic E-state index is 12.5. The van der Waals surface area contributed by atoms with E-state index in [0.29, 0.717) is 11.8 Å². The normalized spacial score (nSPS) is 12.8. The van der Waals surface area contributed by atoms with Crippen LogP contribution in [0.2, 0.25) is 0 Å². The molecule has 7 nitrogen and oxygen atoms in total. The fourth-order valence-electron chi connectivity index (χ4n) is 2.69. The van der Waals surface area contributed by atoms with Gasteiger partial charge in [0, 0.05) is 11.4 Å². The van der Waals surface area contributed by atoms with Gasteiger partial charge in [0.2, 0.25) is 17.8 Å². The number of anilines is 4. The van der Waals surface area contributed by atoms with Gasteiger partial charge >= 0.3 is 0 Å². The molecule has 0 spiro atoms. The fraction of sp³-hybridized carbons (Fsp3) is 0.238. The molecule has 1 aromatic heterocycles. The highest BCUT2D eigenvalue weighted by Gasteiger charge is 2.21. The van der Waals surface area contributed by atoms with Crippen molar-refractivity contribution in [3.05, 3.63) is 66.0 Å². The number of thioether (sulfide) groups is 1. The van der Waals surface area contributed by atoms with Crippen LogP contribution in [-0.4, -0.2) is 26.1 Å². The first-order valence-electron chi connectivity index (χ1n) is 9.27. The third kappa shape index (κ3) is 5.92. The van der Waals surface area contributed by atoms with Crippen molar-refractivity contribution < 1.29 is 4.79 Å². The Morgan fingerprint density at radius 3 is 2.45 bits per heavy atom. The van der Waals surface area contributed by atoms with Gasteiger partial charge in [0.05, 0.1) is 10.5 Å². The molecule has 29 heavy (non-hydrogen) atoms. The van der Waals surface area contributed by atoms with E-state index in [2.05, 4.69) is 25.6 Å². The van der Waals surface area contributed by atoms with E-state index < -0.39 is 0 Å². The molecule has 150 valence electrons. The zero-order valence-electron chi connectivity index (χ0n) is 16.6. The minimum Gasteiger partial charge on any atom is -0.368 e. The number of hydrogen-bond donors (Lipinski definition) is 3. The number of aryl methyl sites for hydroxylation is 1. The van der Waals surface area contributed by atoms with Crippen LogP contribution in [-0.2, 0) is 4.79 Å². The Kier molecular flexibility index (Phi) is 6.66. The van der Waals surface area contributed by atoms with Gasteiger partial charge in [-0.1, -0.05) is 30.3 Å². The zero-order chi connectivity index (χ0) is 20.8. The first kappa shape index (κ1) is 20.6. The lowest BCUT2D eigenvalue weighted by Gasteiger charge is -2.17. The molecule has 2 aromatic carbocycles. The molecule has 0 aliphatic heterocycles. The molecule has 4 N–H and O–H groups in total. The van der Waals surface area contributed by atoms with E-state index in [9.17, 15) is 4.79 Å². The highest BCUT2D eigenvalue weighted by Crippen LogP contribution is 2.31. The van der Waals surface area contributed by atoms with Crippen LogP contribution in [0.1, 0.15) is 30.5 Å². The molecular formula is C21H24N6OS. The summed E-state index contributed by atoms with van der Waals surface area (Å²) in [5, 5.41) is 5.63. The van der Waals surface area contributed by atoms with Crippen molar-refractivity contribution in [1.29, 1.82) is 0 Å². The van der Waals surface area contributed by atoms with Crippen molar-refractivity contribution in [1.82, 2.24) is 15.0 Å². The van der Waals surface area contributed by atoms with Gasteiger partial charge in [0.15, 0.2) is 0 Å². The third-order valence-electron chi connectivity index (χ3n) is 4.13. The minimum absolute atomic E-state index is 0.0721. The van der Waals surface area contributed by atoms with Crippen LogP contribution >= 0.6 is 11.8 Å². The van der Waals surface area contributed by atoms with Crippen molar-refractivity contribution >= 4 is 40.9 Å². The SMILES string of the molecule is Cc1cccc(NC(=O)C(C)SC(C)c2nc(N)nc(Nc3ccccc3)n2)c1. The van der Waals surface area contributed by atoms with Gasteiger partial charge in [0.1, 0.15) is 5.82 Å². The van der Waals surface area contributed by atoms with E-state index in [-0.39, 0.29) is 22.4 Å². The number of nitrogens with zero attached hydrogens (tertiary/aromatic N) is 3. The zero-order valence-corrected chi connectivity index (χ0v) is 17.4. The Bertz CT molecular complexity index is 982. The third-order valence-corrected chi connectivity index (χ3v) is 5.37. The lowest BCUT2D eigenvalue weighted by atomic mass is 10.2. The van der Waals surface area contributed by atoms with Crippen LogP contribution < -0.4 is 16.4 Å². The second-order valence-electron chi connectivity index (χ2n) is 6.65. The smallest absolute Gasteiger partial charge is 0.237 e. The number of nitrogens with one attached hydrogen (secondary N) is 2. The quantitative estimate of drug-likeness (QED) is 0.534. The first-order valence-corrected chi connectivity index (χ1v) is 10.2. The molecule has 0 fully saturated rings. The number of hydrogen-bond acceptors (Lipinski definition) is 7. The standard InChI is InChI=1S/C21H24N6OS/c1-13-8-7-11-17(12-13)23-19(28)15(3)29-14(2)18-25-20(22)27-21(26-18)24-16-9-5-4-6-10-16/h4-12,14-15H,1-3H3,(H,23,28)(H3,22,24,25,26,27). The van der Waals surface area contributed by atoms with Gasteiger partial charge in [-0.15, -0.1) is 11.8 Å². The topological polar surface area (TPSA) is 106 Å². The second-order valence-corrected chi connectivity index (χ2v) is 8.33. The van der Waals surface area contributed by atoms with Gasteiger partial charge in [-0.05, 0) is 50.6 Å². The lowest BCUT2D eigenvalue weighted by Crippen LogP contribution is -2.23. The number of benzene rings is 2. The van der Waals surface area contributed by atoms with E-state index in [1.165, 1.54) is 11.8 Å². The Morgan fingerprint density at radius 1 is 1.00 bits per heavy atom. The van der Waals surface area contributed by atoms with Crippen molar-refractivity contribution in [3.8, 4) is 0 Å². The van der Waals surface area contributed by atoms with Crippen LogP contribution in [0.15, 0.2) is 54.6 Å². The molecule has 0 aliphatic rings. The molecule has 3 rings (SSSR count). The summed E-state index contributed by atoms with van der Waals surface area (Å²) in [6.07, 6.45) is 0. The fourth-order valence-corrected chi connectivity index (χ4v) is 3.72. The summed E-state index contributed by atoms with van der Waals surface area (Å²) in [6, 6.07) is 17.3. The molecule has 1 amide bonds. The summed E-state index contributed by atoms with van der Waals surface area (Å²) < 4.78 is 0. The summed E-state index contributed by atoms with van der Waals surface area (Å²) in [6.45, 7) is 5.80. The average Bonchev–Trinajstić information content (AvgIpc) is 2.68. The molecule has 1 heterocycles. The lowest BCUT2D eigenvalue weighted by molar-refractivity contribution is -0.115. The summed E-state index contributed by atoms with van der Waals surface area (Å²) in [5.74, 6) is 0.967.